The molecule has 1 saturated carbocycles. The Morgan fingerprint density at radius 2 is 2.11 bits per heavy atom. The molecule has 1 aliphatic carbocycles. The van der Waals surface area contributed by atoms with Crippen LogP contribution in [0.3, 0.4) is 0 Å². The van der Waals surface area contributed by atoms with Crippen molar-refractivity contribution < 1.29 is 0 Å². The van der Waals surface area contributed by atoms with Gasteiger partial charge in [0.25, 0.3) is 0 Å². The van der Waals surface area contributed by atoms with Crippen molar-refractivity contribution in [3.63, 3.8) is 0 Å². The molecular formula is C16H26N2. The zero-order chi connectivity index (χ0) is 12.8. The number of aromatic nitrogens is 1. The molecule has 1 unspecified atom stereocenters. The molecule has 0 bridgehead atoms. The van der Waals surface area contributed by atoms with Crippen molar-refractivity contribution in [2.75, 3.05) is 0 Å². The van der Waals surface area contributed by atoms with Gasteiger partial charge in [-0.05, 0) is 50.2 Å². The molecular weight excluding hydrogens is 220 g/mol. The first-order valence-corrected chi connectivity index (χ1v) is 7.45. The van der Waals surface area contributed by atoms with Crippen LogP contribution in [0.4, 0.5) is 0 Å². The fraction of sp³-hybridized carbons (Fsp3) is 0.688. The third-order valence-electron chi connectivity index (χ3n) is 4.21. The van der Waals surface area contributed by atoms with Gasteiger partial charge in [-0.15, -0.1) is 0 Å². The molecule has 18 heavy (non-hydrogen) atoms. The van der Waals surface area contributed by atoms with Gasteiger partial charge >= 0.3 is 0 Å². The number of hydrogen-bond donors (Lipinski definition) is 1. The van der Waals surface area contributed by atoms with Crippen molar-refractivity contribution in [2.45, 2.75) is 64.5 Å². The topological polar surface area (TPSA) is 24.9 Å². The fourth-order valence-corrected chi connectivity index (χ4v) is 3.11. The summed E-state index contributed by atoms with van der Waals surface area (Å²) in [5.41, 5.74) is 1.30. The number of nitrogens with zero attached hydrogens (tertiary/aromatic N) is 1. The Balaban J connectivity index is 1.78. The van der Waals surface area contributed by atoms with Crippen LogP contribution in [-0.4, -0.2) is 11.0 Å². The quantitative estimate of drug-likeness (QED) is 0.846. The van der Waals surface area contributed by atoms with E-state index in [1.807, 2.05) is 18.5 Å². The van der Waals surface area contributed by atoms with Gasteiger partial charge in [-0.1, -0.05) is 25.8 Å². The Hall–Kier alpha value is -0.890. The van der Waals surface area contributed by atoms with Crippen LogP contribution in [0.25, 0.3) is 0 Å². The molecule has 0 amide bonds. The molecule has 1 N–H and O–H groups in total. The molecule has 2 heteroatoms. The zero-order valence-corrected chi connectivity index (χ0v) is 11.7. The van der Waals surface area contributed by atoms with E-state index in [4.69, 9.17) is 0 Å². The number of rotatable bonds is 5. The van der Waals surface area contributed by atoms with E-state index < -0.39 is 0 Å². The predicted octanol–water partition coefficient (Wildman–Crippen LogP) is 4.09. The van der Waals surface area contributed by atoms with Crippen molar-refractivity contribution in [3.8, 4) is 0 Å². The van der Waals surface area contributed by atoms with Crippen molar-refractivity contribution in [1.82, 2.24) is 10.3 Å². The molecule has 0 spiro atoms. The van der Waals surface area contributed by atoms with E-state index in [1.165, 1.54) is 44.1 Å². The summed E-state index contributed by atoms with van der Waals surface area (Å²) < 4.78 is 0. The Morgan fingerprint density at radius 1 is 1.33 bits per heavy atom. The third-order valence-corrected chi connectivity index (χ3v) is 4.21. The minimum absolute atomic E-state index is 0.423. The highest BCUT2D eigenvalue weighted by atomic mass is 14.9. The molecule has 1 atom stereocenters. The van der Waals surface area contributed by atoms with Gasteiger partial charge in [-0.2, -0.15) is 0 Å². The first kappa shape index (κ1) is 13.5. The minimum Gasteiger partial charge on any atom is -0.307 e. The second kappa shape index (κ2) is 6.89. The van der Waals surface area contributed by atoms with Crippen LogP contribution in [0.2, 0.25) is 0 Å². The van der Waals surface area contributed by atoms with Gasteiger partial charge in [0.15, 0.2) is 0 Å². The van der Waals surface area contributed by atoms with Gasteiger partial charge in [0, 0.05) is 24.5 Å². The highest BCUT2D eigenvalue weighted by molar-refractivity contribution is 5.13. The Labute approximate surface area is 111 Å². The molecule has 2 rings (SSSR count). The van der Waals surface area contributed by atoms with Crippen LogP contribution in [0.15, 0.2) is 24.5 Å². The SMILES string of the molecule is CCCC1CCC(NC(C)c2cccnc2)CC1. The van der Waals surface area contributed by atoms with Crippen LogP contribution in [0.1, 0.15) is 64.0 Å². The van der Waals surface area contributed by atoms with Crippen LogP contribution in [0, 0.1) is 5.92 Å². The molecule has 100 valence electrons. The molecule has 1 aliphatic rings. The summed E-state index contributed by atoms with van der Waals surface area (Å²) in [5.74, 6) is 0.988. The van der Waals surface area contributed by atoms with E-state index in [-0.39, 0.29) is 0 Å². The minimum atomic E-state index is 0.423. The second-order valence-corrected chi connectivity index (χ2v) is 5.68. The third kappa shape index (κ3) is 3.81. The lowest BCUT2D eigenvalue weighted by molar-refractivity contribution is 0.266. The Bertz CT molecular complexity index is 328. The normalized spacial score (nSPS) is 25.9. The number of pyridine rings is 1. The lowest BCUT2D eigenvalue weighted by Crippen LogP contribution is -2.35. The van der Waals surface area contributed by atoms with Crippen LogP contribution >= 0.6 is 0 Å². The molecule has 0 saturated heterocycles. The van der Waals surface area contributed by atoms with E-state index in [1.54, 1.807) is 0 Å². The van der Waals surface area contributed by atoms with Gasteiger partial charge in [0.1, 0.15) is 0 Å². The first-order valence-electron chi connectivity index (χ1n) is 7.45. The van der Waals surface area contributed by atoms with E-state index >= 15 is 0 Å². The van der Waals surface area contributed by atoms with E-state index in [9.17, 15) is 0 Å². The number of nitrogens with one attached hydrogen (secondary N) is 1. The van der Waals surface area contributed by atoms with Crippen molar-refractivity contribution in [2.24, 2.45) is 5.92 Å². The Morgan fingerprint density at radius 3 is 2.72 bits per heavy atom. The molecule has 0 aliphatic heterocycles. The second-order valence-electron chi connectivity index (χ2n) is 5.68. The molecule has 0 aromatic carbocycles. The smallest absolute Gasteiger partial charge is 0.0315 e. The number of hydrogen-bond acceptors (Lipinski definition) is 2. The highest BCUT2D eigenvalue weighted by Gasteiger charge is 2.21. The lowest BCUT2D eigenvalue weighted by Gasteiger charge is -2.31. The molecule has 1 heterocycles. The van der Waals surface area contributed by atoms with E-state index in [0.29, 0.717) is 12.1 Å². The van der Waals surface area contributed by atoms with Gasteiger partial charge in [0.05, 0.1) is 0 Å². The van der Waals surface area contributed by atoms with Gasteiger partial charge < -0.3 is 5.32 Å². The predicted molar refractivity (Wildman–Crippen MR) is 76.4 cm³/mol. The summed E-state index contributed by atoms with van der Waals surface area (Å²) in [6, 6.07) is 5.30. The van der Waals surface area contributed by atoms with Gasteiger partial charge in [0.2, 0.25) is 0 Å². The standard InChI is InChI=1S/C16H26N2/c1-3-5-14-7-9-16(10-8-14)18-13(2)15-6-4-11-17-12-15/h4,6,11-14,16,18H,3,5,7-10H2,1-2H3. The maximum Gasteiger partial charge on any atom is 0.0315 e. The summed E-state index contributed by atoms with van der Waals surface area (Å²) in [6.07, 6.45) is 12.1. The first-order chi connectivity index (χ1) is 8.79. The lowest BCUT2D eigenvalue weighted by atomic mass is 9.83. The maximum atomic E-state index is 4.20. The molecule has 1 aromatic heterocycles. The van der Waals surface area contributed by atoms with Crippen molar-refractivity contribution in [1.29, 1.82) is 0 Å². The average molecular weight is 246 g/mol. The molecule has 0 radical (unpaired) electrons. The summed E-state index contributed by atoms with van der Waals surface area (Å²) in [4.78, 5) is 4.20. The van der Waals surface area contributed by atoms with E-state index in [0.717, 1.165) is 5.92 Å². The Kier molecular flexibility index (Phi) is 5.18. The summed E-state index contributed by atoms with van der Waals surface area (Å²) in [6.45, 7) is 4.55. The summed E-state index contributed by atoms with van der Waals surface area (Å²) in [5, 5.41) is 3.76. The maximum absolute atomic E-state index is 4.20. The average Bonchev–Trinajstić information content (AvgIpc) is 2.42. The van der Waals surface area contributed by atoms with Crippen molar-refractivity contribution in [3.05, 3.63) is 30.1 Å². The fourth-order valence-electron chi connectivity index (χ4n) is 3.11. The largest absolute Gasteiger partial charge is 0.307 e. The van der Waals surface area contributed by atoms with Crippen molar-refractivity contribution >= 4 is 0 Å². The highest BCUT2D eigenvalue weighted by Crippen LogP contribution is 2.28. The zero-order valence-electron chi connectivity index (χ0n) is 11.7. The molecule has 1 aromatic rings. The van der Waals surface area contributed by atoms with Crippen LogP contribution in [-0.2, 0) is 0 Å². The monoisotopic (exact) mass is 246 g/mol. The molecule has 2 nitrogen and oxygen atoms in total. The van der Waals surface area contributed by atoms with Crippen LogP contribution < -0.4 is 5.32 Å². The van der Waals surface area contributed by atoms with Gasteiger partial charge in [-0.25, -0.2) is 0 Å². The molecule has 1 fully saturated rings. The summed E-state index contributed by atoms with van der Waals surface area (Å²) >= 11 is 0. The summed E-state index contributed by atoms with van der Waals surface area (Å²) in [7, 11) is 0. The van der Waals surface area contributed by atoms with Gasteiger partial charge in [-0.3, -0.25) is 4.98 Å². The van der Waals surface area contributed by atoms with Crippen LogP contribution in [0.5, 0.6) is 0 Å². The van der Waals surface area contributed by atoms with E-state index in [2.05, 4.69) is 30.2 Å².